The van der Waals surface area contributed by atoms with Crippen LogP contribution >= 0.6 is 11.6 Å². The second-order valence-corrected chi connectivity index (χ2v) is 3.72. The Balaban J connectivity index is 2.21. The lowest BCUT2D eigenvalue weighted by Crippen LogP contribution is -1.98. The molecule has 2 heterocycles. The standard InChI is InChI=1S/C10H12ClN3O/c1-15-6-2-3-9-12-13-10-7-8(11)4-5-14(9)10/h4-5,7H,2-3,6H2,1H3. The van der Waals surface area contributed by atoms with Crippen LogP contribution < -0.4 is 0 Å². The van der Waals surface area contributed by atoms with Crippen LogP contribution in [0.5, 0.6) is 0 Å². The van der Waals surface area contributed by atoms with Gasteiger partial charge in [0.25, 0.3) is 0 Å². The molecule has 0 saturated heterocycles. The molecular formula is C10H12ClN3O. The van der Waals surface area contributed by atoms with Crippen LogP contribution in [-0.2, 0) is 11.2 Å². The second kappa shape index (κ2) is 4.59. The molecule has 2 rings (SSSR count). The van der Waals surface area contributed by atoms with E-state index >= 15 is 0 Å². The van der Waals surface area contributed by atoms with Crippen LogP contribution in [0.15, 0.2) is 18.3 Å². The number of fused-ring (bicyclic) bond motifs is 1. The zero-order valence-electron chi connectivity index (χ0n) is 8.48. The molecule has 2 aromatic rings. The number of hydrogen-bond acceptors (Lipinski definition) is 3. The normalized spacial score (nSPS) is 11.1. The van der Waals surface area contributed by atoms with E-state index in [4.69, 9.17) is 16.3 Å². The Morgan fingerprint density at radius 1 is 1.47 bits per heavy atom. The lowest BCUT2D eigenvalue weighted by Gasteiger charge is -1.99. The third kappa shape index (κ3) is 2.27. The van der Waals surface area contributed by atoms with Crippen molar-refractivity contribution in [3.05, 3.63) is 29.2 Å². The van der Waals surface area contributed by atoms with Gasteiger partial charge in [-0.25, -0.2) is 0 Å². The largest absolute Gasteiger partial charge is 0.385 e. The number of rotatable bonds is 4. The van der Waals surface area contributed by atoms with Crippen LogP contribution in [-0.4, -0.2) is 28.3 Å². The number of pyridine rings is 1. The summed E-state index contributed by atoms with van der Waals surface area (Å²) in [7, 11) is 1.70. The lowest BCUT2D eigenvalue weighted by molar-refractivity contribution is 0.194. The summed E-state index contributed by atoms with van der Waals surface area (Å²) in [6.45, 7) is 0.739. The predicted molar refractivity (Wildman–Crippen MR) is 58.2 cm³/mol. The molecule has 0 spiro atoms. The lowest BCUT2D eigenvalue weighted by atomic mass is 10.3. The molecule has 0 aliphatic heterocycles. The summed E-state index contributed by atoms with van der Waals surface area (Å²) in [5, 5.41) is 8.83. The molecule has 0 atom stereocenters. The topological polar surface area (TPSA) is 39.4 Å². The molecule has 5 heteroatoms. The maximum absolute atomic E-state index is 5.85. The van der Waals surface area contributed by atoms with Crippen molar-refractivity contribution in [2.45, 2.75) is 12.8 Å². The van der Waals surface area contributed by atoms with Gasteiger partial charge in [0.05, 0.1) is 0 Å². The van der Waals surface area contributed by atoms with Crippen LogP contribution in [0.3, 0.4) is 0 Å². The molecule has 4 nitrogen and oxygen atoms in total. The first-order chi connectivity index (χ1) is 7.31. The Labute approximate surface area is 92.8 Å². The van der Waals surface area contributed by atoms with E-state index in [0.717, 1.165) is 30.9 Å². The predicted octanol–water partition coefficient (Wildman–Crippen LogP) is 1.96. The van der Waals surface area contributed by atoms with Crippen molar-refractivity contribution in [2.24, 2.45) is 0 Å². The minimum absolute atomic E-state index is 0.679. The third-order valence-corrected chi connectivity index (χ3v) is 2.43. The number of aromatic nitrogens is 3. The summed E-state index contributed by atoms with van der Waals surface area (Å²) in [5.74, 6) is 0.943. The molecule has 2 aromatic heterocycles. The molecule has 0 amide bonds. The first-order valence-electron chi connectivity index (χ1n) is 4.79. The zero-order valence-corrected chi connectivity index (χ0v) is 9.24. The van der Waals surface area contributed by atoms with E-state index < -0.39 is 0 Å². The molecule has 0 aromatic carbocycles. The molecular weight excluding hydrogens is 214 g/mol. The van der Waals surface area contributed by atoms with E-state index in [1.165, 1.54) is 0 Å². The van der Waals surface area contributed by atoms with Crippen LogP contribution in [0.1, 0.15) is 12.2 Å². The number of ether oxygens (including phenoxy) is 1. The van der Waals surface area contributed by atoms with Crippen molar-refractivity contribution in [3.8, 4) is 0 Å². The number of methoxy groups -OCH3 is 1. The van der Waals surface area contributed by atoms with Gasteiger partial charge in [0.1, 0.15) is 5.82 Å². The van der Waals surface area contributed by atoms with Gasteiger partial charge in [-0.1, -0.05) is 11.6 Å². The van der Waals surface area contributed by atoms with Gasteiger partial charge in [-0.05, 0) is 12.5 Å². The molecule has 0 saturated carbocycles. The molecule has 0 aliphatic carbocycles. The molecule has 0 unspecified atom stereocenters. The van der Waals surface area contributed by atoms with Crippen molar-refractivity contribution >= 4 is 17.2 Å². The maximum atomic E-state index is 5.85. The monoisotopic (exact) mass is 225 g/mol. The number of halogens is 1. The molecule has 0 radical (unpaired) electrons. The van der Waals surface area contributed by atoms with E-state index in [1.807, 2.05) is 16.7 Å². The number of nitrogens with zero attached hydrogens (tertiary/aromatic N) is 3. The zero-order chi connectivity index (χ0) is 10.7. The van der Waals surface area contributed by atoms with Gasteiger partial charge in [0, 0.05) is 37.4 Å². The smallest absolute Gasteiger partial charge is 0.162 e. The van der Waals surface area contributed by atoms with Gasteiger partial charge in [-0.2, -0.15) is 0 Å². The Kier molecular flexibility index (Phi) is 3.18. The van der Waals surface area contributed by atoms with Gasteiger partial charge in [0.2, 0.25) is 0 Å². The molecule has 80 valence electrons. The van der Waals surface area contributed by atoms with Gasteiger partial charge < -0.3 is 4.74 Å². The summed E-state index contributed by atoms with van der Waals surface area (Å²) in [5.41, 5.74) is 0.787. The van der Waals surface area contributed by atoms with Crippen LogP contribution in [0, 0.1) is 0 Å². The van der Waals surface area contributed by atoms with Gasteiger partial charge >= 0.3 is 0 Å². The number of hydrogen-bond donors (Lipinski definition) is 0. The average molecular weight is 226 g/mol. The fourth-order valence-electron chi connectivity index (χ4n) is 1.46. The van der Waals surface area contributed by atoms with Gasteiger partial charge in [0.15, 0.2) is 5.65 Å². The fraction of sp³-hybridized carbons (Fsp3) is 0.400. The van der Waals surface area contributed by atoms with Gasteiger partial charge in [-0.3, -0.25) is 4.40 Å². The van der Waals surface area contributed by atoms with Crippen molar-refractivity contribution < 1.29 is 4.74 Å². The highest BCUT2D eigenvalue weighted by Gasteiger charge is 2.04. The quantitative estimate of drug-likeness (QED) is 0.747. The fourth-order valence-corrected chi connectivity index (χ4v) is 1.61. The van der Waals surface area contributed by atoms with Crippen LogP contribution in [0.25, 0.3) is 5.65 Å². The van der Waals surface area contributed by atoms with Gasteiger partial charge in [-0.15, -0.1) is 10.2 Å². The first kappa shape index (κ1) is 10.4. The summed E-state index contributed by atoms with van der Waals surface area (Å²) >= 11 is 5.85. The minimum atomic E-state index is 0.679. The minimum Gasteiger partial charge on any atom is -0.385 e. The van der Waals surface area contributed by atoms with Crippen molar-refractivity contribution in [2.75, 3.05) is 13.7 Å². The van der Waals surface area contributed by atoms with E-state index in [1.54, 1.807) is 13.2 Å². The molecule has 0 bridgehead atoms. The summed E-state index contributed by atoms with van der Waals surface area (Å²) in [6.07, 6.45) is 3.69. The highest BCUT2D eigenvalue weighted by molar-refractivity contribution is 6.30. The third-order valence-electron chi connectivity index (χ3n) is 2.19. The summed E-state index contributed by atoms with van der Waals surface area (Å²) < 4.78 is 6.94. The second-order valence-electron chi connectivity index (χ2n) is 3.29. The number of aryl methyl sites for hydroxylation is 1. The van der Waals surface area contributed by atoms with Crippen molar-refractivity contribution in [3.63, 3.8) is 0 Å². The SMILES string of the molecule is COCCCc1nnc2cc(Cl)ccn12. The summed E-state index contributed by atoms with van der Waals surface area (Å²) in [4.78, 5) is 0. The Morgan fingerprint density at radius 3 is 3.13 bits per heavy atom. The summed E-state index contributed by atoms with van der Waals surface area (Å²) in [6, 6.07) is 3.63. The highest BCUT2D eigenvalue weighted by Crippen LogP contribution is 2.12. The average Bonchev–Trinajstić information content (AvgIpc) is 2.61. The Morgan fingerprint density at radius 2 is 2.33 bits per heavy atom. The van der Waals surface area contributed by atoms with E-state index in [0.29, 0.717) is 5.02 Å². The highest BCUT2D eigenvalue weighted by atomic mass is 35.5. The first-order valence-corrected chi connectivity index (χ1v) is 5.17. The van der Waals surface area contributed by atoms with E-state index in [9.17, 15) is 0 Å². The molecule has 0 fully saturated rings. The Hall–Kier alpha value is -1.13. The van der Waals surface area contributed by atoms with Crippen LogP contribution in [0.4, 0.5) is 0 Å². The van der Waals surface area contributed by atoms with Crippen molar-refractivity contribution in [1.82, 2.24) is 14.6 Å². The molecule has 15 heavy (non-hydrogen) atoms. The van der Waals surface area contributed by atoms with Crippen LogP contribution in [0.2, 0.25) is 5.02 Å². The Bertz CT molecular complexity index is 455. The molecule has 0 N–H and O–H groups in total. The maximum Gasteiger partial charge on any atom is 0.162 e. The van der Waals surface area contributed by atoms with E-state index in [2.05, 4.69) is 10.2 Å². The molecule has 0 aliphatic rings. The van der Waals surface area contributed by atoms with E-state index in [-0.39, 0.29) is 0 Å². The van der Waals surface area contributed by atoms with Crippen molar-refractivity contribution in [1.29, 1.82) is 0 Å².